The van der Waals surface area contributed by atoms with Gasteiger partial charge in [0.05, 0.1) is 6.54 Å². The first-order chi connectivity index (χ1) is 11.0. The monoisotopic (exact) mass is 325 g/mol. The van der Waals surface area contributed by atoms with E-state index in [0.29, 0.717) is 28.9 Å². The maximum absolute atomic E-state index is 12.8. The lowest BCUT2D eigenvalue weighted by Crippen LogP contribution is -2.31. The number of halogens is 2. The van der Waals surface area contributed by atoms with Gasteiger partial charge in [0, 0.05) is 18.2 Å². The smallest absolute Gasteiger partial charge is 0.333 e. The molecule has 0 spiro atoms. The lowest BCUT2D eigenvalue weighted by Gasteiger charge is -2.17. The van der Waals surface area contributed by atoms with Crippen molar-refractivity contribution in [2.45, 2.75) is 45.7 Å². The van der Waals surface area contributed by atoms with Crippen LogP contribution in [0.5, 0.6) is 0 Å². The zero-order chi connectivity index (χ0) is 16.6. The maximum Gasteiger partial charge on any atom is 0.333 e. The van der Waals surface area contributed by atoms with Crippen molar-refractivity contribution in [1.29, 1.82) is 0 Å². The predicted molar refractivity (Wildman–Crippen MR) is 74.9 cm³/mol. The fraction of sp³-hybridized carbons (Fsp3) is 0.571. The molecule has 124 valence electrons. The quantitative estimate of drug-likeness (QED) is 0.815. The number of carbonyl (C=O) groups is 1. The van der Waals surface area contributed by atoms with E-state index >= 15 is 0 Å². The van der Waals surface area contributed by atoms with Crippen LogP contribution >= 0.6 is 0 Å². The van der Waals surface area contributed by atoms with E-state index < -0.39 is 12.5 Å². The van der Waals surface area contributed by atoms with Crippen molar-refractivity contribution in [3.8, 4) is 0 Å². The molecule has 1 saturated carbocycles. The van der Waals surface area contributed by atoms with Gasteiger partial charge in [-0.2, -0.15) is 18.9 Å². The minimum atomic E-state index is -2.77. The van der Waals surface area contributed by atoms with Crippen molar-refractivity contribution in [3.05, 3.63) is 29.2 Å². The summed E-state index contributed by atoms with van der Waals surface area (Å²) in [5, 5.41) is 7.54. The van der Waals surface area contributed by atoms with Crippen LogP contribution < -0.4 is 0 Å². The van der Waals surface area contributed by atoms with Crippen molar-refractivity contribution >= 4 is 5.91 Å². The molecule has 0 aliphatic heterocycles. The summed E-state index contributed by atoms with van der Waals surface area (Å²) in [6, 6.07) is 1.35. The van der Waals surface area contributed by atoms with Crippen molar-refractivity contribution in [1.82, 2.24) is 24.8 Å². The zero-order valence-corrected chi connectivity index (χ0v) is 12.9. The Morgan fingerprint density at radius 2 is 2.26 bits per heavy atom. The normalized spacial score (nSPS) is 14.5. The van der Waals surface area contributed by atoms with Crippen molar-refractivity contribution < 1.29 is 18.1 Å². The van der Waals surface area contributed by atoms with E-state index in [1.165, 1.54) is 17.9 Å². The Hall–Kier alpha value is -2.32. The second-order valence-corrected chi connectivity index (χ2v) is 5.54. The Bertz CT molecular complexity index is 708. The Morgan fingerprint density at radius 3 is 2.83 bits per heavy atom. The third-order valence-corrected chi connectivity index (χ3v) is 3.74. The van der Waals surface area contributed by atoms with Gasteiger partial charge in [0.1, 0.15) is 0 Å². The minimum Gasteiger partial charge on any atom is -0.339 e. The van der Waals surface area contributed by atoms with Crippen molar-refractivity contribution in [3.63, 3.8) is 0 Å². The van der Waals surface area contributed by atoms with E-state index in [-0.39, 0.29) is 17.9 Å². The van der Waals surface area contributed by atoms with Crippen molar-refractivity contribution in [2.75, 3.05) is 6.54 Å². The van der Waals surface area contributed by atoms with E-state index in [1.807, 2.05) is 0 Å². The second-order valence-electron chi connectivity index (χ2n) is 5.54. The average Bonchev–Trinajstić information content (AvgIpc) is 3.13. The summed E-state index contributed by atoms with van der Waals surface area (Å²) in [5.74, 6) is 0.910. The van der Waals surface area contributed by atoms with Crippen LogP contribution in [0.1, 0.15) is 60.1 Å². The molecule has 1 fully saturated rings. The van der Waals surface area contributed by atoms with E-state index in [2.05, 4.69) is 15.2 Å². The van der Waals surface area contributed by atoms with E-state index in [9.17, 15) is 13.6 Å². The van der Waals surface area contributed by atoms with Crippen LogP contribution in [0.3, 0.4) is 0 Å². The molecule has 9 heteroatoms. The first kappa shape index (κ1) is 15.6. The van der Waals surface area contributed by atoms with E-state index in [1.54, 1.807) is 6.92 Å². The predicted octanol–water partition coefficient (Wildman–Crippen LogP) is 2.51. The van der Waals surface area contributed by atoms with Gasteiger partial charge in [0.2, 0.25) is 5.89 Å². The number of nitrogens with zero attached hydrogens (tertiary/aromatic N) is 5. The highest BCUT2D eigenvalue weighted by atomic mass is 19.3. The molecule has 2 aromatic rings. The molecule has 0 unspecified atom stereocenters. The molecular formula is C14H17F2N5O2. The molecule has 2 heterocycles. The Kier molecular flexibility index (Phi) is 4.10. The molecule has 1 aliphatic rings. The average molecular weight is 325 g/mol. The molecule has 0 aromatic carbocycles. The Labute approximate surface area is 131 Å². The third-order valence-electron chi connectivity index (χ3n) is 3.74. The number of hydrogen-bond donors (Lipinski definition) is 0. The molecule has 1 amide bonds. The molecule has 0 bridgehead atoms. The summed E-state index contributed by atoms with van der Waals surface area (Å²) in [6.45, 7) is 1.04. The number of rotatable bonds is 6. The maximum atomic E-state index is 12.8. The van der Waals surface area contributed by atoms with Crippen LogP contribution in [0.2, 0.25) is 0 Å². The van der Waals surface area contributed by atoms with Gasteiger partial charge in [-0.3, -0.25) is 4.79 Å². The molecule has 0 saturated heterocycles. The van der Waals surface area contributed by atoms with Gasteiger partial charge in [-0.15, -0.1) is 0 Å². The first-order valence-electron chi connectivity index (χ1n) is 7.45. The highest BCUT2D eigenvalue weighted by Gasteiger charge is 2.30. The molecule has 0 radical (unpaired) electrons. The minimum absolute atomic E-state index is 0.0180. The van der Waals surface area contributed by atoms with Crippen LogP contribution in [0.25, 0.3) is 0 Å². The summed E-state index contributed by atoms with van der Waals surface area (Å²) in [5.41, 5.74) is 0.213. The fourth-order valence-electron chi connectivity index (χ4n) is 2.28. The largest absolute Gasteiger partial charge is 0.339 e. The standard InChI is InChI=1S/C14H17F2N5O2/c1-3-20(7-11-17-12(23-19-11)9-4-5-9)13(22)10-6-8(2)21(18-10)14(15)16/h6,9,14H,3-5,7H2,1-2H3. The number of alkyl halides is 2. The van der Waals surface area contributed by atoms with Gasteiger partial charge >= 0.3 is 6.55 Å². The van der Waals surface area contributed by atoms with Crippen LogP contribution in [-0.2, 0) is 6.54 Å². The highest BCUT2D eigenvalue weighted by molar-refractivity contribution is 5.92. The van der Waals surface area contributed by atoms with Crippen LogP contribution in [0, 0.1) is 6.92 Å². The topological polar surface area (TPSA) is 77.0 Å². The second kappa shape index (κ2) is 6.05. The SMILES string of the molecule is CCN(Cc1noc(C2CC2)n1)C(=O)c1cc(C)n(C(F)F)n1. The van der Waals surface area contributed by atoms with Gasteiger partial charge < -0.3 is 9.42 Å². The molecule has 1 aliphatic carbocycles. The van der Waals surface area contributed by atoms with Gasteiger partial charge in [-0.05, 0) is 32.8 Å². The third kappa shape index (κ3) is 3.22. The van der Waals surface area contributed by atoms with Crippen molar-refractivity contribution in [2.24, 2.45) is 0 Å². The molecule has 0 atom stereocenters. The van der Waals surface area contributed by atoms with Crippen LogP contribution in [0.4, 0.5) is 8.78 Å². The van der Waals surface area contributed by atoms with Crippen LogP contribution in [-0.4, -0.2) is 37.3 Å². The van der Waals surface area contributed by atoms with Gasteiger partial charge in [0.25, 0.3) is 5.91 Å². The number of aromatic nitrogens is 4. The summed E-state index contributed by atoms with van der Waals surface area (Å²) >= 11 is 0. The lowest BCUT2D eigenvalue weighted by atomic mass is 10.3. The lowest BCUT2D eigenvalue weighted by molar-refractivity contribution is 0.0531. The summed E-state index contributed by atoms with van der Waals surface area (Å²) in [7, 11) is 0. The Balaban J connectivity index is 1.73. The van der Waals surface area contributed by atoms with Gasteiger partial charge in [0.15, 0.2) is 11.5 Å². The molecule has 2 aromatic heterocycles. The molecule has 3 rings (SSSR count). The number of hydrogen-bond acceptors (Lipinski definition) is 5. The molecule has 7 nitrogen and oxygen atoms in total. The van der Waals surface area contributed by atoms with E-state index in [4.69, 9.17) is 4.52 Å². The summed E-state index contributed by atoms with van der Waals surface area (Å²) in [6.07, 6.45) is 2.09. The molecular weight excluding hydrogens is 308 g/mol. The van der Waals surface area contributed by atoms with E-state index in [0.717, 1.165) is 12.8 Å². The molecule has 0 N–H and O–H groups in total. The number of aryl methyl sites for hydroxylation is 1. The fourth-order valence-corrected chi connectivity index (χ4v) is 2.28. The summed E-state index contributed by atoms with van der Waals surface area (Å²) < 4.78 is 31.2. The van der Waals surface area contributed by atoms with Crippen LogP contribution in [0.15, 0.2) is 10.6 Å². The highest BCUT2D eigenvalue weighted by Crippen LogP contribution is 2.38. The Morgan fingerprint density at radius 1 is 1.52 bits per heavy atom. The zero-order valence-electron chi connectivity index (χ0n) is 12.9. The molecule has 23 heavy (non-hydrogen) atoms. The van der Waals surface area contributed by atoms with Gasteiger partial charge in [-0.1, -0.05) is 5.16 Å². The van der Waals surface area contributed by atoms with Gasteiger partial charge in [-0.25, -0.2) is 4.68 Å². The number of amides is 1. The first-order valence-corrected chi connectivity index (χ1v) is 7.45. The summed E-state index contributed by atoms with van der Waals surface area (Å²) in [4.78, 5) is 18.2. The number of carbonyl (C=O) groups excluding carboxylic acids is 1.